The van der Waals surface area contributed by atoms with Gasteiger partial charge in [0.05, 0.1) is 16.5 Å². The molecule has 2 aromatic heterocycles. The first-order valence-electron chi connectivity index (χ1n) is 7.47. The van der Waals surface area contributed by atoms with Crippen LogP contribution in [0.15, 0.2) is 52.5 Å². The molecule has 126 valence electrons. The second-order valence-electron chi connectivity index (χ2n) is 5.13. The maximum absolute atomic E-state index is 12.0. The molecule has 7 heteroatoms. The van der Waals surface area contributed by atoms with E-state index in [2.05, 4.69) is 4.98 Å². The van der Waals surface area contributed by atoms with E-state index in [4.69, 9.17) is 19.2 Å². The Kier molecular flexibility index (Phi) is 5.11. The van der Waals surface area contributed by atoms with Gasteiger partial charge in [-0.3, -0.25) is 0 Å². The smallest absolute Gasteiger partial charge is 0.347 e. The zero-order valence-corrected chi connectivity index (χ0v) is 14.2. The highest BCUT2D eigenvalue weighted by molar-refractivity contribution is 7.13. The van der Waals surface area contributed by atoms with Crippen LogP contribution in [0.25, 0.3) is 10.8 Å². The number of thiophene rings is 1. The Morgan fingerprint density at radius 1 is 1.36 bits per heavy atom. The quantitative estimate of drug-likeness (QED) is 0.626. The summed E-state index contributed by atoms with van der Waals surface area (Å²) in [6.07, 6.45) is 0.686. The van der Waals surface area contributed by atoms with Crippen LogP contribution < -0.4 is 4.74 Å². The van der Waals surface area contributed by atoms with Crippen molar-refractivity contribution in [3.05, 3.63) is 59.3 Å². The molecule has 0 aliphatic carbocycles. The van der Waals surface area contributed by atoms with Gasteiger partial charge in [-0.1, -0.05) is 6.07 Å². The third-order valence-corrected chi connectivity index (χ3v) is 4.13. The number of ether oxygens (including phenoxy) is 2. The van der Waals surface area contributed by atoms with Gasteiger partial charge in [-0.05, 0) is 42.6 Å². The first kappa shape index (κ1) is 16.7. The van der Waals surface area contributed by atoms with Crippen LogP contribution in [0.1, 0.15) is 18.2 Å². The maximum Gasteiger partial charge on any atom is 0.347 e. The predicted molar refractivity (Wildman–Crippen MR) is 90.9 cm³/mol. The number of rotatable bonds is 6. The van der Waals surface area contributed by atoms with E-state index in [0.717, 1.165) is 4.88 Å². The lowest BCUT2D eigenvalue weighted by Crippen LogP contribution is -2.26. The van der Waals surface area contributed by atoms with E-state index < -0.39 is 12.1 Å². The van der Waals surface area contributed by atoms with Crippen molar-refractivity contribution in [1.29, 1.82) is 5.26 Å². The Balaban J connectivity index is 1.52. The molecular weight excluding hydrogens is 340 g/mol. The zero-order valence-electron chi connectivity index (χ0n) is 13.3. The van der Waals surface area contributed by atoms with Crippen molar-refractivity contribution in [1.82, 2.24) is 4.98 Å². The molecule has 0 aliphatic heterocycles. The van der Waals surface area contributed by atoms with Crippen LogP contribution in [0.2, 0.25) is 0 Å². The van der Waals surface area contributed by atoms with Gasteiger partial charge < -0.3 is 13.9 Å². The van der Waals surface area contributed by atoms with Gasteiger partial charge in [0, 0.05) is 0 Å². The van der Waals surface area contributed by atoms with Gasteiger partial charge in [0.15, 0.2) is 6.10 Å². The molecule has 0 bridgehead atoms. The van der Waals surface area contributed by atoms with E-state index in [9.17, 15) is 4.79 Å². The van der Waals surface area contributed by atoms with E-state index in [-0.39, 0.29) is 6.61 Å². The SMILES string of the molecule is C[C@@H](Oc1ccc(C#N)cc1)C(=O)OCc1coc(-c2cccs2)n1. The number of hydrogen-bond donors (Lipinski definition) is 0. The minimum absolute atomic E-state index is 0.00871. The number of carbonyl (C=O) groups excluding carboxylic acids is 1. The number of carbonyl (C=O) groups is 1. The Morgan fingerprint density at radius 3 is 2.84 bits per heavy atom. The van der Waals surface area contributed by atoms with Crippen molar-refractivity contribution in [2.45, 2.75) is 19.6 Å². The summed E-state index contributed by atoms with van der Waals surface area (Å²) in [6, 6.07) is 12.3. The van der Waals surface area contributed by atoms with Gasteiger partial charge in [0.2, 0.25) is 5.89 Å². The van der Waals surface area contributed by atoms with E-state index in [0.29, 0.717) is 22.9 Å². The molecule has 0 fully saturated rings. The molecule has 0 amide bonds. The average Bonchev–Trinajstić information content (AvgIpc) is 3.31. The van der Waals surface area contributed by atoms with Crippen LogP contribution in [-0.2, 0) is 16.1 Å². The number of nitriles is 1. The molecule has 0 spiro atoms. The second kappa shape index (κ2) is 7.64. The fraction of sp³-hybridized carbons (Fsp3) is 0.167. The molecule has 0 aliphatic rings. The van der Waals surface area contributed by atoms with Gasteiger partial charge in [0.1, 0.15) is 24.3 Å². The number of benzene rings is 1. The summed E-state index contributed by atoms with van der Waals surface area (Å²) in [7, 11) is 0. The van der Waals surface area contributed by atoms with E-state index >= 15 is 0 Å². The first-order valence-corrected chi connectivity index (χ1v) is 8.35. The molecule has 0 radical (unpaired) electrons. The lowest BCUT2D eigenvalue weighted by molar-refractivity contribution is -0.152. The summed E-state index contributed by atoms with van der Waals surface area (Å²) in [4.78, 5) is 17.2. The summed E-state index contributed by atoms with van der Waals surface area (Å²) >= 11 is 1.52. The maximum atomic E-state index is 12.0. The summed E-state index contributed by atoms with van der Waals surface area (Å²) < 4.78 is 16.1. The van der Waals surface area contributed by atoms with Crippen molar-refractivity contribution in [3.8, 4) is 22.6 Å². The fourth-order valence-electron chi connectivity index (χ4n) is 2.01. The van der Waals surface area contributed by atoms with Gasteiger partial charge in [-0.25, -0.2) is 9.78 Å². The van der Waals surface area contributed by atoms with Crippen molar-refractivity contribution >= 4 is 17.3 Å². The normalized spacial score (nSPS) is 11.5. The first-order chi connectivity index (χ1) is 12.2. The van der Waals surface area contributed by atoms with Crippen molar-refractivity contribution in [2.75, 3.05) is 0 Å². The van der Waals surface area contributed by atoms with Crippen molar-refractivity contribution in [3.63, 3.8) is 0 Å². The molecular formula is C18H14N2O4S. The Morgan fingerprint density at radius 2 is 2.16 bits per heavy atom. The molecule has 3 aromatic rings. The van der Waals surface area contributed by atoms with E-state index in [1.54, 1.807) is 31.2 Å². The zero-order chi connectivity index (χ0) is 17.6. The van der Waals surface area contributed by atoms with Crippen LogP contribution in [-0.4, -0.2) is 17.1 Å². The highest BCUT2D eigenvalue weighted by atomic mass is 32.1. The molecule has 3 rings (SSSR count). The van der Waals surface area contributed by atoms with Crippen LogP contribution in [0.4, 0.5) is 0 Å². The number of esters is 1. The largest absolute Gasteiger partial charge is 0.479 e. The Bertz CT molecular complexity index is 879. The minimum atomic E-state index is -0.781. The third kappa shape index (κ3) is 4.25. The second-order valence-corrected chi connectivity index (χ2v) is 6.07. The number of hydrogen-bond acceptors (Lipinski definition) is 7. The van der Waals surface area contributed by atoms with Gasteiger partial charge >= 0.3 is 5.97 Å². The Hall–Kier alpha value is -3.11. The summed E-state index contributed by atoms with van der Waals surface area (Å²) in [6.45, 7) is 1.61. The molecule has 1 aromatic carbocycles. The molecule has 0 N–H and O–H groups in total. The average molecular weight is 354 g/mol. The van der Waals surface area contributed by atoms with Crippen molar-refractivity contribution < 1.29 is 18.7 Å². The van der Waals surface area contributed by atoms with E-state index in [1.165, 1.54) is 17.6 Å². The number of oxazole rings is 1. The lowest BCUT2D eigenvalue weighted by Gasteiger charge is -2.13. The van der Waals surface area contributed by atoms with Crippen LogP contribution >= 0.6 is 11.3 Å². The molecule has 6 nitrogen and oxygen atoms in total. The number of aromatic nitrogens is 1. The summed E-state index contributed by atoms with van der Waals surface area (Å²) in [5, 5.41) is 10.7. The van der Waals surface area contributed by atoms with Crippen LogP contribution in [0.3, 0.4) is 0 Å². The molecule has 25 heavy (non-hydrogen) atoms. The summed E-state index contributed by atoms with van der Waals surface area (Å²) in [5.41, 5.74) is 1.05. The molecule has 1 atom stereocenters. The molecule has 2 heterocycles. The predicted octanol–water partition coefficient (Wildman–Crippen LogP) is 3.79. The van der Waals surface area contributed by atoms with Gasteiger partial charge in [-0.2, -0.15) is 5.26 Å². The monoisotopic (exact) mass is 354 g/mol. The van der Waals surface area contributed by atoms with Gasteiger partial charge in [0.25, 0.3) is 0 Å². The minimum Gasteiger partial charge on any atom is -0.479 e. The molecule has 0 saturated carbocycles. The van der Waals surface area contributed by atoms with Crippen LogP contribution in [0, 0.1) is 11.3 Å². The summed E-state index contributed by atoms with van der Waals surface area (Å²) in [5.74, 6) is 0.484. The standard InChI is InChI=1S/C18H14N2O4S/c1-12(24-15-6-4-13(9-19)5-7-15)18(21)23-11-14-10-22-17(20-14)16-3-2-8-25-16/h2-8,10,12H,11H2,1H3/t12-/m1/s1. The highest BCUT2D eigenvalue weighted by Crippen LogP contribution is 2.23. The fourth-order valence-corrected chi connectivity index (χ4v) is 2.66. The van der Waals surface area contributed by atoms with Crippen LogP contribution in [0.5, 0.6) is 5.75 Å². The topological polar surface area (TPSA) is 85.3 Å². The molecule has 0 saturated heterocycles. The highest BCUT2D eigenvalue weighted by Gasteiger charge is 2.17. The third-order valence-electron chi connectivity index (χ3n) is 3.27. The number of nitrogens with zero attached hydrogens (tertiary/aromatic N) is 2. The lowest BCUT2D eigenvalue weighted by atomic mass is 10.2. The van der Waals surface area contributed by atoms with E-state index in [1.807, 2.05) is 23.6 Å². The van der Waals surface area contributed by atoms with Gasteiger partial charge in [-0.15, -0.1) is 11.3 Å². The Labute approximate surface area is 148 Å². The molecule has 0 unspecified atom stereocenters. The van der Waals surface area contributed by atoms with Crippen molar-refractivity contribution in [2.24, 2.45) is 0 Å².